The molecule has 10 heavy (non-hydrogen) atoms. The van der Waals surface area contributed by atoms with E-state index in [1.54, 1.807) is 0 Å². The van der Waals surface area contributed by atoms with Gasteiger partial charge in [-0.1, -0.05) is 0 Å². The summed E-state index contributed by atoms with van der Waals surface area (Å²) >= 11 is 0. The lowest BCUT2D eigenvalue weighted by molar-refractivity contribution is -0.169. The molecule has 0 atom stereocenters. The molecule has 0 unspecified atom stereocenters. The highest BCUT2D eigenvalue weighted by molar-refractivity contribution is 4.71. The largest absolute Gasteiger partial charge is 0.460 e. The quantitative estimate of drug-likeness (QED) is 0.447. The maximum Gasteiger partial charge on any atom is 0.422 e. The van der Waals surface area contributed by atoms with E-state index in [2.05, 4.69) is 4.74 Å². The average Bonchev–Trinajstić information content (AvgIpc) is 1.81. The first-order valence-corrected chi connectivity index (χ1v) is 2.11. The second-order valence-electron chi connectivity index (χ2n) is 1.32. The first-order valence-electron chi connectivity index (χ1n) is 2.11. The molecule has 0 saturated carbocycles. The van der Waals surface area contributed by atoms with Crippen LogP contribution in [0.15, 0.2) is 12.3 Å². The van der Waals surface area contributed by atoms with Crippen molar-refractivity contribution < 1.29 is 26.7 Å². The Labute approximate surface area is 53.1 Å². The SMILES string of the molecule is FC=C(F)OCC(F)(F)F. The van der Waals surface area contributed by atoms with E-state index in [0.29, 0.717) is 0 Å². The Morgan fingerprint density at radius 3 is 2.20 bits per heavy atom. The zero-order valence-electron chi connectivity index (χ0n) is 4.58. The van der Waals surface area contributed by atoms with Crippen LogP contribution >= 0.6 is 0 Å². The van der Waals surface area contributed by atoms with E-state index >= 15 is 0 Å². The van der Waals surface area contributed by atoms with E-state index in [0.717, 1.165) is 0 Å². The van der Waals surface area contributed by atoms with Crippen LogP contribution < -0.4 is 0 Å². The second kappa shape index (κ2) is 3.38. The van der Waals surface area contributed by atoms with Gasteiger partial charge in [-0.05, 0) is 0 Å². The molecule has 0 aromatic carbocycles. The number of alkyl halides is 3. The molecule has 0 aromatic heterocycles. The van der Waals surface area contributed by atoms with E-state index in [1.165, 1.54) is 0 Å². The summed E-state index contributed by atoms with van der Waals surface area (Å²) in [5.74, 6) is 0. The lowest BCUT2D eigenvalue weighted by Crippen LogP contribution is -2.15. The van der Waals surface area contributed by atoms with Gasteiger partial charge in [0.05, 0.1) is 0 Å². The van der Waals surface area contributed by atoms with Crippen molar-refractivity contribution >= 4 is 0 Å². The number of ether oxygens (including phenoxy) is 1. The number of rotatable bonds is 2. The standard InChI is InChI=1S/C4H3F5O/c5-1-3(6)10-2-4(7,8)9/h1H,2H2. The monoisotopic (exact) mass is 162 g/mol. The smallest absolute Gasteiger partial charge is 0.422 e. The van der Waals surface area contributed by atoms with Crippen LogP contribution in [0.4, 0.5) is 22.0 Å². The highest BCUT2D eigenvalue weighted by Gasteiger charge is 2.28. The molecule has 6 heteroatoms. The Hall–Kier alpha value is -0.810. The molecule has 0 fully saturated rings. The van der Waals surface area contributed by atoms with Gasteiger partial charge in [0.25, 0.3) is 0 Å². The zero-order chi connectivity index (χ0) is 8.20. The van der Waals surface area contributed by atoms with Gasteiger partial charge in [-0.25, -0.2) is 4.39 Å². The maximum absolute atomic E-state index is 11.4. The molecule has 0 rings (SSSR count). The van der Waals surface area contributed by atoms with Gasteiger partial charge in [-0.3, -0.25) is 0 Å². The van der Waals surface area contributed by atoms with Gasteiger partial charge >= 0.3 is 12.2 Å². The fraction of sp³-hybridized carbons (Fsp3) is 0.500. The predicted octanol–water partition coefficient (Wildman–Crippen LogP) is 2.30. The van der Waals surface area contributed by atoms with Crippen LogP contribution in [0, 0.1) is 0 Å². The second-order valence-corrected chi connectivity index (χ2v) is 1.32. The molecule has 0 amide bonds. The molecule has 60 valence electrons. The third kappa shape index (κ3) is 5.33. The fourth-order valence-corrected chi connectivity index (χ4v) is 0.182. The number of halogens is 5. The van der Waals surface area contributed by atoms with Crippen LogP contribution in [-0.2, 0) is 4.74 Å². The van der Waals surface area contributed by atoms with Gasteiger partial charge < -0.3 is 4.74 Å². The van der Waals surface area contributed by atoms with Gasteiger partial charge in [0.1, 0.15) is 0 Å². The van der Waals surface area contributed by atoms with Crippen LogP contribution in [0.3, 0.4) is 0 Å². The first kappa shape index (κ1) is 9.19. The first-order chi connectivity index (χ1) is 4.45. The molecule has 0 saturated heterocycles. The molecule has 0 aliphatic rings. The molecule has 0 spiro atoms. The summed E-state index contributed by atoms with van der Waals surface area (Å²) in [6, 6.07) is -1.88. The van der Waals surface area contributed by atoms with E-state index in [4.69, 9.17) is 0 Å². The van der Waals surface area contributed by atoms with Crippen LogP contribution in [0.1, 0.15) is 0 Å². The highest BCUT2D eigenvalue weighted by atomic mass is 19.4. The molecule has 1 nitrogen and oxygen atoms in total. The van der Waals surface area contributed by atoms with Crippen molar-refractivity contribution in [1.29, 1.82) is 0 Å². The van der Waals surface area contributed by atoms with E-state index in [1.807, 2.05) is 0 Å². The fourth-order valence-electron chi connectivity index (χ4n) is 0.182. The Kier molecular flexibility index (Phi) is 3.11. The average molecular weight is 162 g/mol. The topological polar surface area (TPSA) is 9.23 Å². The van der Waals surface area contributed by atoms with Gasteiger partial charge in [0.15, 0.2) is 12.9 Å². The van der Waals surface area contributed by atoms with Crippen molar-refractivity contribution in [2.45, 2.75) is 6.18 Å². The lowest BCUT2D eigenvalue weighted by Gasteiger charge is -2.04. The summed E-state index contributed by atoms with van der Waals surface area (Å²) in [7, 11) is 0. The van der Waals surface area contributed by atoms with Crippen molar-refractivity contribution in [3.63, 3.8) is 0 Å². The molecular formula is C4H3F5O. The minimum atomic E-state index is -4.64. The third-order valence-electron chi connectivity index (χ3n) is 0.460. The Morgan fingerprint density at radius 2 is 1.90 bits per heavy atom. The summed E-state index contributed by atoms with van der Waals surface area (Å²) in [5, 5.41) is 0. The Morgan fingerprint density at radius 1 is 1.40 bits per heavy atom. The number of hydrogen-bond donors (Lipinski definition) is 0. The number of hydrogen-bond acceptors (Lipinski definition) is 1. The van der Waals surface area contributed by atoms with Gasteiger partial charge in [-0.2, -0.15) is 17.6 Å². The molecule has 0 aliphatic carbocycles. The predicted molar refractivity (Wildman–Crippen MR) is 22.3 cm³/mol. The Bertz CT molecular complexity index is 126. The molecular weight excluding hydrogens is 159 g/mol. The van der Waals surface area contributed by atoms with Gasteiger partial charge in [0, 0.05) is 0 Å². The summed E-state index contributed by atoms with van der Waals surface area (Å²) in [6.07, 6.45) is -5.33. The molecule has 0 aromatic rings. The summed E-state index contributed by atoms with van der Waals surface area (Å²) in [4.78, 5) is 0. The van der Waals surface area contributed by atoms with Crippen molar-refractivity contribution in [3.8, 4) is 0 Å². The van der Waals surface area contributed by atoms with Crippen molar-refractivity contribution in [1.82, 2.24) is 0 Å². The summed E-state index contributed by atoms with van der Waals surface area (Å²) in [6.45, 7) is -1.82. The van der Waals surface area contributed by atoms with Crippen molar-refractivity contribution in [2.75, 3.05) is 6.61 Å². The normalized spacial score (nSPS) is 13.5. The van der Waals surface area contributed by atoms with Crippen LogP contribution in [0.2, 0.25) is 0 Å². The van der Waals surface area contributed by atoms with Crippen molar-refractivity contribution in [3.05, 3.63) is 12.3 Å². The minimum absolute atomic E-state index is 0.689. The van der Waals surface area contributed by atoms with Gasteiger partial charge in [-0.15, -0.1) is 0 Å². The minimum Gasteiger partial charge on any atom is -0.460 e. The summed E-state index contributed by atoms with van der Waals surface area (Å²) < 4.78 is 58.9. The lowest BCUT2D eigenvalue weighted by atomic mass is 10.7. The van der Waals surface area contributed by atoms with Gasteiger partial charge in [0.2, 0.25) is 0 Å². The molecule has 0 heterocycles. The molecule has 0 radical (unpaired) electrons. The maximum atomic E-state index is 11.4. The van der Waals surface area contributed by atoms with Crippen LogP contribution in [0.5, 0.6) is 0 Å². The highest BCUT2D eigenvalue weighted by Crippen LogP contribution is 2.16. The van der Waals surface area contributed by atoms with Crippen LogP contribution in [-0.4, -0.2) is 12.8 Å². The summed E-state index contributed by atoms with van der Waals surface area (Å²) in [5.41, 5.74) is 0. The zero-order valence-corrected chi connectivity index (χ0v) is 4.58. The van der Waals surface area contributed by atoms with E-state index in [-0.39, 0.29) is 0 Å². The van der Waals surface area contributed by atoms with Crippen molar-refractivity contribution in [2.24, 2.45) is 0 Å². The Balaban J connectivity index is 3.56. The molecule has 0 bridgehead atoms. The molecule has 0 aliphatic heterocycles. The van der Waals surface area contributed by atoms with E-state index < -0.39 is 25.1 Å². The van der Waals surface area contributed by atoms with Crippen LogP contribution in [0.25, 0.3) is 0 Å². The van der Waals surface area contributed by atoms with E-state index in [9.17, 15) is 22.0 Å². The molecule has 0 N–H and O–H groups in total. The third-order valence-corrected chi connectivity index (χ3v) is 0.460.